The third-order valence-corrected chi connectivity index (χ3v) is 4.36. The standard InChI is InChI=1S/C21H33N5O2/c1-5-28-20-14-18(9-10-19(20)27-4)8-6-11-23-21(22-3)24-15-17(2)16-26-13-7-12-25-26/h7,9-10,12-14,17H,5-6,8,11,15-16H2,1-4H3,(H2,22,23,24). The van der Waals surface area contributed by atoms with Gasteiger partial charge in [-0.25, -0.2) is 0 Å². The number of aryl methyl sites for hydroxylation is 1. The molecule has 7 nitrogen and oxygen atoms in total. The lowest BCUT2D eigenvalue weighted by Crippen LogP contribution is -2.40. The summed E-state index contributed by atoms with van der Waals surface area (Å²) in [5, 5.41) is 11.0. The SMILES string of the molecule is CCOc1cc(CCCNC(=NC)NCC(C)Cn2cccn2)ccc1OC. The van der Waals surface area contributed by atoms with E-state index < -0.39 is 0 Å². The molecule has 0 aliphatic rings. The van der Waals surface area contributed by atoms with Crippen molar-refractivity contribution in [1.82, 2.24) is 20.4 Å². The van der Waals surface area contributed by atoms with E-state index in [-0.39, 0.29) is 0 Å². The van der Waals surface area contributed by atoms with E-state index in [1.165, 1.54) is 5.56 Å². The molecular weight excluding hydrogens is 354 g/mol. The number of rotatable bonds is 11. The van der Waals surface area contributed by atoms with Crippen molar-refractivity contribution in [2.45, 2.75) is 33.2 Å². The molecule has 1 aromatic heterocycles. The Hall–Kier alpha value is -2.70. The number of benzene rings is 1. The zero-order valence-electron chi connectivity index (χ0n) is 17.4. The fourth-order valence-corrected chi connectivity index (χ4v) is 2.93. The summed E-state index contributed by atoms with van der Waals surface area (Å²) >= 11 is 0. The molecule has 0 aliphatic heterocycles. The van der Waals surface area contributed by atoms with E-state index in [2.05, 4.69) is 39.8 Å². The van der Waals surface area contributed by atoms with E-state index in [0.717, 1.165) is 49.9 Å². The fraction of sp³-hybridized carbons (Fsp3) is 0.524. The normalized spacial score (nSPS) is 12.5. The molecule has 0 aliphatic carbocycles. The van der Waals surface area contributed by atoms with Gasteiger partial charge in [0.2, 0.25) is 0 Å². The Morgan fingerprint density at radius 2 is 2.14 bits per heavy atom. The van der Waals surface area contributed by atoms with Crippen molar-refractivity contribution in [1.29, 1.82) is 0 Å². The van der Waals surface area contributed by atoms with Crippen molar-refractivity contribution in [3.05, 3.63) is 42.2 Å². The Kier molecular flexibility index (Phi) is 9.18. The number of methoxy groups -OCH3 is 1. The Morgan fingerprint density at radius 1 is 1.29 bits per heavy atom. The molecule has 154 valence electrons. The summed E-state index contributed by atoms with van der Waals surface area (Å²) in [5.74, 6) is 2.86. The summed E-state index contributed by atoms with van der Waals surface area (Å²) in [6, 6.07) is 8.06. The van der Waals surface area contributed by atoms with Crippen LogP contribution in [0.5, 0.6) is 11.5 Å². The molecule has 1 aromatic carbocycles. The first-order chi connectivity index (χ1) is 13.7. The van der Waals surface area contributed by atoms with E-state index in [4.69, 9.17) is 9.47 Å². The molecule has 0 amide bonds. The van der Waals surface area contributed by atoms with Gasteiger partial charge in [0.05, 0.1) is 13.7 Å². The lowest BCUT2D eigenvalue weighted by molar-refractivity contribution is 0.310. The lowest BCUT2D eigenvalue weighted by atomic mass is 10.1. The number of aromatic nitrogens is 2. The monoisotopic (exact) mass is 387 g/mol. The molecule has 0 saturated heterocycles. The van der Waals surface area contributed by atoms with Crippen LogP contribution in [0.4, 0.5) is 0 Å². The molecule has 0 radical (unpaired) electrons. The lowest BCUT2D eigenvalue weighted by Gasteiger charge is -2.16. The summed E-state index contributed by atoms with van der Waals surface area (Å²) in [7, 11) is 3.46. The Bertz CT molecular complexity index is 716. The number of hydrogen-bond donors (Lipinski definition) is 2. The number of guanidine groups is 1. The van der Waals surface area contributed by atoms with Crippen LogP contribution in [0, 0.1) is 5.92 Å². The molecule has 2 rings (SSSR count). The molecule has 1 atom stereocenters. The van der Waals surface area contributed by atoms with Crippen LogP contribution in [0.1, 0.15) is 25.8 Å². The molecule has 0 spiro atoms. The highest BCUT2D eigenvalue weighted by Gasteiger charge is 2.07. The van der Waals surface area contributed by atoms with E-state index in [0.29, 0.717) is 12.5 Å². The predicted octanol–water partition coefficient (Wildman–Crippen LogP) is 2.72. The number of nitrogens with zero attached hydrogens (tertiary/aromatic N) is 3. The van der Waals surface area contributed by atoms with Crippen LogP contribution in [0.3, 0.4) is 0 Å². The topological polar surface area (TPSA) is 72.7 Å². The van der Waals surface area contributed by atoms with Gasteiger partial charge in [0.15, 0.2) is 17.5 Å². The number of hydrogen-bond acceptors (Lipinski definition) is 4. The second-order valence-corrected chi connectivity index (χ2v) is 6.73. The van der Waals surface area contributed by atoms with Gasteiger partial charge >= 0.3 is 0 Å². The van der Waals surface area contributed by atoms with E-state index in [1.807, 2.05) is 29.9 Å². The van der Waals surface area contributed by atoms with Crippen LogP contribution in [0.15, 0.2) is 41.7 Å². The first-order valence-corrected chi connectivity index (χ1v) is 9.87. The predicted molar refractivity (Wildman–Crippen MR) is 113 cm³/mol. The van der Waals surface area contributed by atoms with Crippen LogP contribution in [-0.2, 0) is 13.0 Å². The highest BCUT2D eigenvalue weighted by atomic mass is 16.5. The van der Waals surface area contributed by atoms with Gasteiger partial charge in [0, 0.05) is 39.1 Å². The highest BCUT2D eigenvalue weighted by molar-refractivity contribution is 5.79. The first kappa shape index (κ1) is 21.6. The number of nitrogens with one attached hydrogen (secondary N) is 2. The average molecular weight is 388 g/mol. The molecule has 1 heterocycles. The van der Waals surface area contributed by atoms with Crippen molar-refractivity contribution < 1.29 is 9.47 Å². The summed E-state index contributed by atoms with van der Waals surface area (Å²) in [5.41, 5.74) is 1.24. The van der Waals surface area contributed by atoms with Crippen LogP contribution in [0.25, 0.3) is 0 Å². The van der Waals surface area contributed by atoms with E-state index >= 15 is 0 Å². The third kappa shape index (κ3) is 7.13. The second-order valence-electron chi connectivity index (χ2n) is 6.73. The second kappa shape index (κ2) is 11.9. The van der Waals surface area contributed by atoms with Crippen LogP contribution >= 0.6 is 0 Å². The maximum atomic E-state index is 5.65. The number of ether oxygens (including phenoxy) is 2. The summed E-state index contributed by atoms with van der Waals surface area (Å²) in [6.07, 6.45) is 5.76. The molecule has 0 bridgehead atoms. The minimum Gasteiger partial charge on any atom is -0.493 e. The van der Waals surface area contributed by atoms with Gasteiger partial charge in [-0.1, -0.05) is 13.0 Å². The summed E-state index contributed by atoms with van der Waals surface area (Å²) in [4.78, 5) is 4.30. The Labute approximate surface area is 168 Å². The quantitative estimate of drug-likeness (QED) is 0.352. The molecule has 2 N–H and O–H groups in total. The molecule has 2 aromatic rings. The van der Waals surface area contributed by atoms with Gasteiger partial charge < -0.3 is 20.1 Å². The van der Waals surface area contributed by atoms with Crippen molar-refractivity contribution in [3.8, 4) is 11.5 Å². The van der Waals surface area contributed by atoms with Gasteiger partial charge in [-0.2, -0.15) is 5.10 Å². The third-order valence-electron chi connectivity index (χ3n) is 4.36. The van der Waals surface area contributed by atoms with Crippen LogP contribution in [-0.4, -0.2) is 49.6 Å². The van der Waals surface area contributed by atoms with Gasteiger partial charge in [-0.15, -0.1) is 0 Å². The van der Waals surface area contributed by atoms with Gasteiger partial charge in [-0.05, 0) is 49.4 Å². The van der Waals surface area contributed by atoms with Crippen LogP contribution < -0.4 is 20.1 Å². The van der Waals surface area contributed by atoms with Crippen molar-refractivity contribution >= 4 is 5.96 Å². The van der Waals surface area contributed by atoms with Crippen molar-refractivity contribution in [2.24, 2.45) is 10.9 Å². The zero-order valence-corrected chi connectivity index (χ0v) is 17.4. The fourth-order valence-electron chi connectivity index (χ4n) is 2.93. The molecule has 28 heavy (non-hydrogen) atoms. The van der Waals surface area contributed by atoms with Gasteiger partial charge in [0.25, 0.3) is 0 Å². The molecule has 1 unspecified atom stereocenters. The molecule has 7 heteroatoms. The largest absolute Gasteiger partial charge is 0.493 e. The van der Waals surface area contributed by atoms with Gasteiger partial charge in [-0.3, -0.25) is 9.67 Å². The first-order valence-electron chi connectivity index (χ1n) is 9.87. The van der Waals surface area contributed by atoms with Crippen molar-refractivity contribution in [2.75, 3.05) is 33.9 Å². The van der Waals surface area contributed by atoms with E-state index in [9.17, 15) is 0 Å². The average Bonchev–Trinajstić information content (AvgIpc) is 3.21. The van der Waals surface area contributed by atoms with Gasteiger partial charge in [0.1, 0.15) is 0 Å². The maximum Gasteiger partial charge on any atom is 0.190 e. The minimum atomic E-state index is 0.453. The maximum absolute atomic E-state index is 5.65. The Morgan fingerprint density at radius 3 is 2.82 bits per heavy atom. The Balaban J connectivity index is 1.70. The zero-order chi connectivity index (χ0) is 20.2. The summed E-state index contributed by atoms with van der Waals surface area (Å²) < 4.78 is 12.9. The summed E-state index contributed by atoms with van der Waals surface area (Å²) in [6.45, 7) is 7.38. The highest BCUT2D eigenvalue weighted by Crippen LogP contribution is 2.28. The van der Waals surface area contributed by atoms with Crippen molar-refractivity contribution in [3.63, 3.8) is 0 Å². The molecule has 0 fully saturated rings. The minimum absolute atomic E-state index is 0.453. The number of aliphatic imine (C=N–C) groups is 1. The molecular formula is C21H33N5O2. The van der Waals surface area contributed by atoms with Crippen LogP contribution in [0.2, 0.25) is 0 Å². The smallest absolute Gasteiger partial charge is 0.190 e. The van der Waals surface area contributed by atoms with E-state index in [1.54, 1.807) is 20.4 Å². The molecule has 0 saturated carbocycles.